The summed E-state index contributed by atoms with van der Waals surface area (Å²) in [5.74, 6) is 0. The van der Waals surface area contributed by atoms with E-state index in [1.54, 1.807) is 6.07 Å². The summed E-state index contributed by atoms with van der Waals surface area (Å²) in [6, 6.07) is 5.46. The molecule has 0 amide bonds. The van der Waals surface area contributed by atoms with Gasteiger partial charge in [-0.15, -0.1) is 0 Å². The Kier molecular flexibility index (Phi) is 4.09. The van der Waals surface area contributed by atoms with Crippen LogP contribution in [-0.4, -0.2) is 31.1 Å². The summed E-state index contributed by atoms with van der Waals surface area (Å²) < 4.78 is 5.81. The van der Waals surface area contributed by atoms with Gasteiger partial charge in [-0.05, 0) is 37.2 Å². The van der Waals surface area contributed by atoms with E-state index >= 15 is 0 Å². The minimum absolute atomic E-state index is 0.319. The van der Waals surface area contributed by atoms with Crippen LogP contribution in [0.3, 0.4) is 0 Å². The lowest BCUT2D eigenvalue weighted by atomic mass is 10.2. The van der Waals surface area contributed by atoms with Crippen LogP contribution in [0.25, 0.3) is 0 Å². The van der Waals surface area contributed by atoms with Crippen LogP contribution in [0.5, 0.6) is 0 Å². The maximum atomic E-state index is 6.06. The quantitative estimate of drug-likeness (QED) is 0.827. The van der Waals surface area contributed by atoms with E-state index in [0.29, 0.717) is 17.7 Å². The monoisotopic (exact) mass is 259 g/mol. The SMILES string of the molecule is CN1CCC(OCc2cc(Cl)ccc2Cl)C1. The minimum Gasteiger partial charge on any atom is -0.372 e. The normalized spacial score (nSPS) is 21.6. The third-order valence-corrected chi connectivity index (χ3v) is 3.43. The fourth-order valence-electron chi connectivity index (χ4n) is 1.89. The summed E-state index contributed by atoms with van der Waals surface area (Å²) in [4.78, 5) is 2.27. The molecule has 88 valence electrons. The number of likely N-dealkylation sites (N-methyl/N-ethyl adjacent to an activating group) is 1. The van der Waals surface area contributed by atoms with Crippen LogP contribution in [0.2, 0.25) is 10.0 Å². The molecule has 1 aromatic rings. The van der Waals surface area contributed by atoms with Crippen molar-refractivity contribution in [1.29, 1.82) is 0 Å². The Morgan fingerprint density at radius 1 is 1.44 bits per heavy atom. The zero-order valence-corrected chi connectivity index (χ0v) is 10.8. The topological polar surface area (TPSA) is 12.5 Å². The first-order valence-corrected chi connectivity index (χ1v) is 6.15. The molecule has 0 aliphatic carbocycles. The van der Waals surface area contributed by atoms with Gasteiger partial charge in [0.1, 0.15) is 0 Å². The Balaban J connectivity index is 1.91. The van der Waals surface area contributed by atoms with Crippen LogP contribution in [0.15, 0.2) is 18.2 Å². The van der Waals surface area contributed by atoms with Crippen molar-refractivity contribution in [2.24, 2.45) is 0 Å². The largest absolute Gasteiger partial charge is 0.372 e. The molecule has 0 saturated carbocycles. The Labute approximate surface area is 106 Å². The summed E-state index contributed by atoms with van der Waals surface area (Å²) in [5.41, 5.74) is 0.962. The fraction of sp³-hybridized carbons (Fsp3) is 0.500. The van der Waals surface area contributed by atoms with Crippen LogP contribution < -0.4 is 0 Å². The van der Waals surface area contributed by atoms with Crippen LogP contribution in [0.4, 0.5) is 0 Å². The van der Waals surface area contributed by atoms with E-state index in [-0.39, 0.29) is 0 Å². The van der Waals surface area contributed by atoms with Crippen molar-refractivity contribution < 1.29 is 4.74 Å². The minimum atomic E-state index is 0.319. The molecule has 4 heteroatoms. The Bertz CT molecular complexity index is 370. The van der Waals surface area contributed by atoms with E-state index in [4.69, 9.17) is 27.9 Å². The second kappa shape index (κ2) is 5.37. The highest BCUT2D eigenvalue weighted by Gasteiger charge is 2.20. The van der Waals surface area contributed by atoms with Gasteiger partial charge in [-0.25, -0.2) is 0 Å². The molecule has 2 nitrogen and oxygen atoms in total. The highest BCUT2D eigenvalue weighted by Crippen LogP contribution is 2.22. The molecular weight excluding hydrogens is 245 g/mol. The maximum Gasteiger partial charge on any atom is 0.0736 e. The molecule has 0 N–H and O–H groups in total. The van der Waals surface area contributed by atoms with Crippen molar-refractivity contribution in [2.75, 3.05) is 20.1 Å². The number of benzene rings is 1. The van der Waals surface area contributed by atoms with Gasteiger partial charge in [0.05, 0.1) is 12.7 Å². The summed E-state index contributed by atoms with van der Waals surface area (Å²) in [6.45, 7) is 2.64. The summed E-state index contributed by atoms with van der Waals surface area (Å²) in [6.07, 6.45) is 1.41. The molecule has 0 bridgehead atoms. The average molecular weight is 260 g/mol. The zero-order valence-electron chi connectivity index (χ0n) is 9.25. The summed E-state index contributed by atoms with van der Waals surface area (Å²) in [5, 5.41) is 1.42. The third-order valence-electron chi connectivity index (χ3n) is 2.83. The molecule has 2 rings (SSSR count). The van der Waals surface area contributed by atoms with Gasteiger partial charge in [-0.1, -0.05) is 23.2 Å². The fourth-order valence-corrected chi connectivity index (χ4v) is 2.26. The number of hydrogen-bond donors (Lipinski definition) is 0. The van der Waals surface area contributed by atoms with E-state index in [9.17, 15) is 0 Å². The molecule has 1 aliphatic heterocycles. The third kappa shape index (κ3) is 3.11. The Hall–Kier alpha value is -0.280. The highest BCUT2D eigenvalue weighted by molar-refractivity contribution is 6.33. The average Bonchev–Trinajstić information content (AvgIpc) is 2.66. The van der Waals surface area contributed by atoms with Gasteiger partial charge in [-0.2, -0.15) is 0 Å². The van der Waals surface area contributed by atoms with Crippen molar-refractivity contribution >= 4 is 23.2 Å². The number of likely N-dealkylation sites (tertiary alicyclic amines) is 1. The summed E-state index contributed by atoms with van der Waals surface area (Å²) >= 11 is 12.0. The molecule has 1 aliphatic rings. The molecule has 1 saturated heterocycles. The van der Waals surface area contributed by atoms with Gasteiger partial charge in [0, 0.05) is 23.1 Å². The first kappa shape index (κ1) is 12.2. The number of rotatable bonds is 3. The van der Waals surface area contributed by atoms with Crippen LogP contribution >= 0.6 is 23.2 Å². The van der Waals surface area contributed by atoms with Gasteiger partial charge >= 0.3 is 0 Å². The van der Waals surface area contributed by atoms with E-state index in [1.807, 2.05) is 12.1 Å². The molecule has 0 aromatic heterocycles. The van der Waals surface area contributed by atoms with Crippen molar-refractivity contribution in [3.63, 3.8) is 0 Å². The molecule has 1 atom stereocenters. The first-order valence-electron chi connectivity index (χ1n) is 5.39. The van der Waals surface area contributed by atoms with Crippen LogP contribution in [-0.2, 0) is 11.3 Å². The van der Waals surface area contributed by atoms with Crippen molar-refractivity contribution in [2.45, 2.75) is 19.1 Å². The highest BCUT2D eigenvalue weighted by atomic mass is 35.5. The zero-order chi connectivity index (χ0) is 11.5. The number of nitrogens with zero attached hydrogens (tertiary/aromatic N) is 1. The van der Waals surface area contributed by atoms with Gasteiger partial charge in [0.2, 0.25) is 0 Å². The standard InChI is InChI=1S/C12H15Cl2NO/c1-15-5-4-11(7-15)16-8-9-6-10(13)2-3-12(9)14/h2-3,6,11H,4-5,7-8H2,1H3. The smallest absolute Gasteiger partial charge is 0.0736 e. The molecule has 1 heterocycles. The van der Waals surface area contributed by atoms with E-state index in [0.717, 1.165) is 30.1 Å². The molecular formula is C12H15Cl2NO. The van der Waals surface area contributed by atoms with E-state index < -0.39 is 0 Å². The lowest BCUT2D eigenvalue weighted by molar-refractivity contribution is 0.0484. The number of halogens is 2. The number of ether oxygens (including phenoxy) is 1. The van der Waals surface area contributed by atoms with Crippen molar-refractivity contribution in [1.82, 2.24) is 4.90 Å². The molecule has 16 heavy (non-hydrogen) atoms. The predicted octanol–water partition coefficient (Wildman–Crippen LogP) is 3.21. The lowest BCUT2D eigenvalue weighted by Gasteiger charge is -2.13. The Morgan fingerprint density at radius 3 is 2.94 bits per heavy atom. The van der Waals surface area contributed by atoms with Crippen molar-refractivity contribution in [3.8, 4) is 0 Å². The van der Waals surface area contributed by atoms with E-state index in [2.05, 4.69) is 11.9 Å². The maximum absolute atomic E-state index is 6.06. The molecule has 1 unspecified atom stereocenters. The molecule has 0 spiro atoms. The first-order chi connectivity index (χ1) is 7.65. The van der Waals surface area contributed by atoms with E-state index in [1.165, 1.54) is 0 Å². The Morgan fingerprint density at radius 2 is 2.25 bits per heavy atom. The molecule has 1 aromatic carbocycles. The van der Waals surface area contributed by atoms with Gasteiger partial charge in [0.15, 0.2) is 0 Å². The van der Waals surface area contributed by atoms with Crippen LogP contribution in [0.1, 0.15) is 12.0 Å². The summed E-state index contributed by atoms with van der Waals surface area (Å²) in [7, 11) is 2.11. The van der Waals surface area contributed by atoms with Gasteiger partial charge in [0.25, 0.3) is 0 Å². The second-order valence-corrected chi connectivity index (χ2v) is 5.06. The van der Waals surface area contributed by atoms with Crippen molar-refractivity contribution in [3.05, 3.63) is 33.8 Å². The predicted molar refractivity (Wildman–Crippen MR) is 67.2 cm³/mol. The van der Waals surface area contributed by atoms with Crippen LogP contribution in [0, 0.1) is 0 Å². The molecule has 0 radical (unpaired) electrons. The lowest BCUT2D eigenvalue weighted by Crippen LogP contribution is -2.19. The van der Waals surface area contributed by atoms with Gasteiger partial charge < -0.3 is 9.64 Å². The molecule has 1 fully saturated rings. The number of hydrogen-bond acceptors (Lipinski definition) is 2. The second-order valence-electron chi connectivity index (χ2n) is 4.22. The van der Waals surface area contributed by atoms with Gasteiger partial charge in [-0.3, -0.25) is 0 Å².